The number of hydrogen-bond acceptors (Lipinski definition) is 6. The standard InChI is InChI=1S/C23H22F3N5OS/c1-15-13-17(33-22-28-10-4-11-29-22)7-8-19(15)30-21(32)16-5-3-12-31(14-16)20-18(23(24,25)26)6-2-9-27-20/h2,4,6-11,13,16H,3,5,12,14H2,1H3,(H,30,32). The molecule has 10 heteroatoms. The van der Waals surface area contributed by atoms with Gasteiger partial charge in [-0.3, -0.25) is 4.79 Å². The van der Waals surface area contributed by atoms with Gasteiger partial charge in [0.05, 0.1) is 11.5 Å². The molecule has 0 radical (unpaired) electrons. The maximum Gasteiger partial charge on any atom is 0.419 e. The van der Waals surface area contributed by atoms with Gasteiger partial charge >= 0.3 is 6.18 Å². The summed E-state index contributed by atoms with van der Waals surface area (Å²) in [6.07, 6.45) is 1.41. The van der Waals surface area contributed by atoms with E-state index in [-0.39, 0.29) is 18.3 Å². The summed E-state index contributed by atoms with van der Waals surface area (Å²) in [6, 6.07) is 9.68. The molecule has 1 aliphatic heterocycles. The Hall–Kier alpha value is -3.14. The van der Waals surface area contributed by atoms with E-state index in [1.54, 1.807) is 23.4 Å². The second-order valence-corrected chi connectivity index (χ2v) is 8.80. The van der Waals surface area contributed by atoms with Crippen molar-refractivity contribution in [3.63, 3.8) is 0 Å². The number of pyridine rings is 1. The Morgan fingerprint density at radius 2 is 1.88 bits per heavy atom. The quantitative estimate of drug-likeness (QED) is 0.514. The molecule has 1 saturated heterocycles. The van der Waals surface area contributed by atoms with Crippen molar-refractivity contribution in [2.45, 2.75) is 36.0 Å². The highest BCUT2D eigenvalue weighted by Gasteiger charge is 2.37. The van der Waals surface area contributed by atoms with Crippen molar-refractivity contribution in [1.82, 2.24) is 15.0 Å². The molecule has 6 nitrogen and oxygen atoms in total. The van der Waals surface area contributed by atoms with Gasteiger partial charge in [0.2, 0.25) is 5.91 Å². The number of piperidine rings is 1. The highest BCUT2D eigenvalue weighted by atomic mass is 32.2. The monoisotopic (exact) mass is 473 g/mol. The number of alkyl halides is 3. The van der Waals surface area contributed by atoms with Crippen LogP contribution in [0.1, 0.15) is 24.0 Å². The summed E-state index contributed by atoms with van der Waals surface area (Å²) >= 11 is 1.42. The summed E-state index contributed by atoms with van der Waals surface area (Å²) < 4.78 is 40.2. The van der Waals surface area contributed by atoms with E-state index in [1.165, 1.54) is 24.0 Å². The van der Waals surface area contributed by atoms with Crippen molar-refractivity contribution < 1.29 is 18.0 Å². The van der Waals surface area contributed by atoms with Crippen LogP contribution >= 0.6 is 11.8 Å². The number of aromatic nitrogens is 3. The lowest BCUT2D eigenvalue weighted by atomic mass is 9.96. The first-order valence-corrected chi connectivity index (χ1v) is 11.3. The molecule has 2 aromatic heterocycles. The van der Waals surface area contributed by atoms with Crippen LogP contribution < -0.4 is 10.2 Å². The van der Waals surface area contributed by atoms with E-state index in [0.717, 1.165) is 16.5 Å². The average Bonchev–Trinajstić information content (AvgIpc) is 2.81. The summed E-state index contributed by atoms with van der Waals surface area (Å²) in [7, 11) is 0. The molecular formula is C23H22F3N5OS. The number of nitrogens with zero attached hydrogens (tertiary/aromatic N) is 4. The topological polar surface area (TPSA) is 71.0 Å². The number of carbonyl (C=O) groups excluding carboxylic acids is 1. The molecule has 4 rings (SSSR count). The third kappa shape index (κ3) is 5.62. The van der Waals surface area contributed by atoms with E-state index in [0.29, 0.717) is 30.2 Å². The van der Waals surface area contributed by atoms with Gasteiger partial charge in [0.15, 0.2) is 5.16 Å². The number of anilines is 2. The first kappa shape index (κ1) is 23.0. The zero-order valence-corrected chi connectivity index (χ0v) is 18.7. The molecule has 172 valence electrons. The van der Waals surface area contributed by atoms with Crippen LogP contribution in [0.5, 0.6) is 0 Å². The number of aryl methyl sites for hydroxylation is 1. The number of benzene rings is 1. The van der Waals surface area contributed by atoms with Crippen molar-refractivity contribution in [2.75, 3.05) is 23.3 Å². The zero-order valence-electron chi connectivity index (χ0n) is 17.8. The number of hydrogen-bond donors (Lipinski definition) is 1. The SMILES string of the molecule is Cc1cc(Sc2ncccn2)ccc1NC(=O)C1CCCN(c2ncccc2C(F)(F)F)C1. The minimum Gasteiger partial charge on any atom is -0.355 e. The summed E-state index contributed by atoms with van der Waals surface area (Å²) in [5.41, 5.74) is 0.766. The number of halogens is 3. The highest BCUT2D eigenvalue weighted by molar-refractivity contribution is 7.99. The molecule has 33 heavy (non-hydrogen) atoms. The van der Waals surface area contributed by atoms with Crippen molar-refractivity contribution in [3.05, 3.63) is 66.1 Å². The molecule has 3 heterocycles. The van der Waals surface area contributed by atoms with Crippen LogP contribution in [0, 0.1) is 12.8 Å². The molecule has 3 aromatic rings. The Balaban J connectivity index is 1.44. The van der Waals surface area contributed by atoms with E-state index in [1.807, 2.05) is 25.1 Å². The molecule has 1 fully saturated rings. The van der Waals surface area contributed by atoms with Crippen LogP contribution in [0.25, 0.3) is 0 Å². The smallest absolute Gasteiger partial charge is 0.355 e. The fourth-order valence-corrected chi connectivity index (χ4v) is 4.58. The lowest BCUT2D eigenvalue weighted by Gasteiger charge is -2.34. The molecule has 1 aliphatic rings. The molecule has 1 amide bonds. The molecule has 0 bridgehead atoms. The predicted octanol–water partition coefficient (Wildman–Crippen LogP) is 5.21. The zero-order chi connectivity index (χ0) is 23.4. The number of amides is 1. The Kier molecular flexibility index (Phi) is 6.83. The van der Waals surface area contributed by atoms with Gasteiger partial charge in [-0.1, -0.05) is 0 Å². The summed E-state index contributed by atoms with van der Waals surface area (Å²) in [5.74, 6) is -0.768. The Labute approximate surface area is 193 Å². The molecule has 1 atom stereocenters. The van der Waals surface area contributed by atoms with E-state index in [4.69, 9.17) is 0 Å². The van der Waals surface area contributed by atoms with Gasteiger partial charge in [0.1, 0.15) is 5.82 Å². The fourth-order valence-electron chi connectivity index (χ4n) is 3.77. The fraction of sp³-hybridized carbons (Fsp3) is 0.304. The summed E-state index contributed by atoms with van der Waals surface area (Å²) in [6.45, 7) is 2.50. The van der Waals surface area contributed by atoms with E-state index < -0.39 is 17.7 Å². The molecular weight excluding hydrogens is 451 g/mol. The number of rotatable bonds is 5. The van der Waals surface area contributed by atoms with Crippen LogP contribution in [-0.4, -0.2) is 33.9 Å². The van der Waals surface area contributed by atoms with Gasteiger partial charge in [0.25, 0.3) is 0 Å². The van der Waals surface area contributed by atoms with Crippen LogP contribution in [0.15, 0.2) is 65.0 Å². The Bertz CT molecular complexity index is 1130. The van der Waals surface area contributed by atoms with Gasteiger partial charge in [-0.15, -0.1) is 0 Å². The highest BCUT2D eigenvalue weighted by Crippen LogP contribution is 2.36. The van der Waals surface area contributed by atoms with Gasteiger partial charge in [-0.05, 0) is 73.5 Å². The molecule has 1 aromatic carbocycles. The average molecular weight is 474 g/mol. The van der Waals surface area contributed by atoms with Crippen LogP contribution in [0.2, 0.25) is 0 Å². The third-order valence-electron chi connectivity index (χ3n) is 5.39. The van der Waals surface area contributed by atoms with Crippen LogP contribution in [0.4, 0.5) is 24.7 Å². The van der Waals surface area contributed by atoms with Gasteiger partial charge in [0, 0.05) is 42.3 Å². The number of nitrogens with one attached hydrogen (secondary N) is 1. The Morgan fingerprint density at radius 3 is 2.61 bits per heavy atom. The van der Waals surface area contributed by atoms with Crippen LogP contribution in [-0.2, 0) is 11.0 Å². The maximum atomic E-state index is 13.4. The summed E-state index contributed by atoms with van der Waals surface area (Å²) in [4.78, 5) is 27.8. The molecule has 0 aliphatic carbocycles. The molecule has 0 spiro atoms. The minimum absolute atomic E-state index is 0.122. The van der Waals surface area contributed by atoms with Crippen molar-refractivity contribution >= 4 is 29.2 Å². The third-order valence-corrected chi connectivity index (χ3v) is 6.27. The molecule has 1 N–H and O–H groups in total. The minimum atomic E-state index is -4.50. The van der Waals surface area contributed by atoms with Crippen LogP contribution in [0.3, 0.4) is 0 Å². The van der Waals surface area contributed by atoms with Crippen molar-refractivity contribution in [3.8, 4) is 0 Å². The van der Waals surface area contributed by atoms with Crippen molar-refractivity contribution in [2.24, 2.45) is 5.92 Å². The summed E-state index contributed by atoms with van der Waals surface area (Å²) in [5, 5.41) is 3.57. The lowest BCUT2D eigenvalue weighted by Crippen LogP contribution is -2.42. The van der Waals surface area contributed by atoms with Gasteiger partial charge in [-0.25, -0.2) is 15.0 Å². The van der Waals surface area contributed by atoms with E-state index in [9.17, 15) is 18.0 Å². The van der Waals surface area contributed by atoms with Crippen molar-refractivity contribution in [1.29, 1.82) is 0 Å². The Morgan fingerprint density at radius 1 is 1.12 bits per heavy atom. The molecule has 0 saturated carbocycles. The lowest BCUT2D eigenvalue weighted by molar-refractivity contribution is -0.137. The van der Waals surface area contributed by atoms with Gasteiger partial charge < -0.3 is 10.2 Å². The first-order valence-electron chi connectivity index (χ1n) is 10.4. The predicted molar refractivity (Wildman–Crippen MR) is 120 cm³/mol. The van der Waals surface area contributed by atoms with E-state index in [2.05, 4.69) is 20.3 Å². The normalized spacial score (nSPS) is 16.5. The molecule has 1 unspecified atom stereocenters. The maximum absolute atomic E-state index is 13.4. The second-order valence-electron chi connectivity index (χ2n) is 7.76. The van der Waals surface area contributed by atoms with Gasteiger partial charge in [-0.2, -0.15) is 13.2 Å². The largest absolute Gasteiger partial charge is 0.419 e. The second kappa shape index (κ2) is 9.78. The number of carbonyl (C=O) groups is 1. The first-order chi connectivity index (χ1) is 15.8. The van der Waals surface area contributed by atoms with E-state index >= 15 is 0 Å².